The van der Waals surface area contributed by atoms with Crippen molar-refractivity contribution in [3.63, 3.8) is 0 Å². The molecule has 0 saturated heterocycles. The molecule has 0 heterocycles. The van der Waals surface area contributed by atoms with Gasteiger partial charge in [0.2, 0.25) is 0 Å². The van der Waals surface area contributed by atoms with Crippen LogP contribution in [0.4, 0.5) is 23.7 Å². The molecule has 5 nitrogen and oxygen atoms in total. The summed E-state index contributed by atoms with van der Waals surface area (Å²) in [6.07, 6.45) is -4.38. The Balaban J connectivity index is 2.36. The van der Waals surface area contributed by atoms with Crippen molar-refractivity contribution in [1.29, 1.82) is 0 Å². The second-order valence-corrected chi connectivity index (χ2v) is 5.58. The van der Waals surface area contributed by atoms with Gasteiger partial charge in [-0.2, -0.15) is 13.2 Å². The van der Waals surface area contributed by atoms with Crippen LogP contribution in [0.3, 0.4) is 0 Å². The van der Waals surface area contributed by atoms with Crippen molar-refractivity contribution >= 4 is 18.1 Å². The predicted molar refractivity (Wildman–Crippen MR) is 93.0 cm³/mol. The number of rotatable bonds is 6. The van der Waals surface area contributed by atoms with Crippen molar-refractivity contribution in [3.05, 3.63) is 58.7 Å². The van der Waals surface area contributed by atoms with E-state index < -0.39 is 17.8 Å². The van der Waals surface area contributed by atoms with E-state index in [-0.39, 0.29) is 29.2 Å². The van der Waals surface area contributed by atoms with Crippen LogP contribution in [-0.2, 0) is 23.9 Å². The smallest absolute Gasteiger partial charge is 0.419 e. The van der Waals surface area contributed by atoms with E-state index in [4.69, 9.17) is 4.74 Å². The number of aryl methyl sites for hydroxylation is 1. The zero-order chi connectivity index (χ0) is 20.0. The summed E-state index contributed by atoms with van der Waals surface area (Å²) < 4.78 is 49.9. The minimum Gasteiger partial charge on any atom is -0.488 e. The average Bonchev–Trinajstić information content (AvgIpc) is 2.65. The van der Waals surface area contributed by atoms with E-state index in [1.807, 2.05) is 0 Å². The first-order valence-electron chi connectivity index (χ1n) is 8.05. The number of hydrogen-bond donors (Lipinski definition) is 1. The lowest BCUT2D eigenvalue weighted by atomic mass is 10.1. The van der Waals surface area contributed by atoms with Gasteiger partial charge < -0.3 is 9.47 Å². The minimum absolute atomic E-state index is 0.183. The van der Waals surface area contributed by atoms with Gasteiger partial charge in [0.25, 0.3) is 0 Å². The van der Waals surface area contributed by atoms with Gasteiger partial charge in [0, 0.05) is 11.1 Å². The number of aldehydes is 1. The molecule has 1 amide bonds. The molecule has 27 heavy (non-hydrogen) atoms. The highest BCUT2D eigenvalue weighted by Gasteiger charge is 2.34. The maximum atomic E-state index is 13.3. The molecule has 0 bridgehead atoms. The molecular formula is C19H18F3NO4. The zero-order valence-corrected chi connectivity index (χ0v) is 14.7. The molecule has 0 fully saturated rings. The van der Waals surface area contributed by atoms with E-state index in [1.54, 1.807) is 13.0 Å². The fraction of sp³-hybridized carbons (Fsp3) is 0.263. The Morgan fingerprint density at radius 1 is 1.22 bits per heavy atom. The van der Waals surface area contributed by atoms with E-state index in [0.717, 1.165) is 6.07 Å². The van der Waals surface area contributed by atoms with E-state index >= 15 is 0 Å². The molecular weight excluding hydrogens is 363 g/mol. The van der Waals surface area contributed by atoms with Gasteiger partial charge in [0.1, 0.15) is 12.4 Å². The van der Waals surface area contributed by atoms with Gasteiger partial charge in [-0.1, -0.05) is 25.1 Å². The van der Waals surface area contributed by atoms with Crippen LogP contribution in [0.1, 0.15) is 34.0 Å². The van der Waals surface area contributed by atoms with Crippen LogP contribution in [0.15, 0.2) is 36.4 Å². The molecule has 0 aliphatic rings. The third kappa shape index (κ3) is 4.99. The zero-order valence-electron chi connectivity index (χ0n) is 14.7. The van der Waals surface area contributed by atoms with Crippen LogP contribution in [0, 0.1) is 0 Å². The van der Waals surface area contributed by atoms with Gasteiger partial charge >= 0.3 is 12.3 Å². The summed E-state index contributed by atoms with van der Waals surface area (Å²) in [6, 6.07) is 8.32. The number of methoxy groups -OCH3 is 1. The van der Waals surface area contributed by atoms with Crippen molar-refractivity contribution in [2.45, 2.75) is 26.1 Å². The Morgan fingerprint density at radius 2 is 1.96 bits per heavy atom. The number of halogens is 3. The summed E-state index contributed by atoms with van der Waals surface area (Å²) in [5, 5.41) is 2.41. The molecule has 0 saturated carbocycles. The van der Waals surface area contributed by atoms with E-state index in [0.29, 0.717) is 18.3 Å². The van der Waals surface area contributed by atoms with E-state index in [1.165, 1.54) is 31.4 Å². The summed E-state index contributed by atoms with van der Waals surface area (Å²) in [5.41, 5.74) is 0.266. The fourth-order valence-electron chi connectivity index (χ4n) is 2.45. The number of anilines is 1. The number of nitrogens with one attached hydrogen (secondary N) is 1. The van der Waals surface area contributed by atoms with Gasteiger partial charge in [-0.25, -0.2) is 4.79 Å². The first-order chi connectivity index (χ1) is 12.8. The first kappa shape index (κ1) is 20.3. The topological polar surface area (TPSA) is 64.6 Å². The lowest BCUT2D eigenvalue weighted by molar-refractivity contribution is -0.139. The SMILES string of the molecule is CCc1ccc(OCc2c(C=O)cccc2NC(=O)OC)c(C(F)(F)F)c1. The molecule has 144 valence electrons. The number of ether oxygens (including phenoxy) is 2. The maximum Gasteiger partial charge on any atom is 0.419 e. The molecule has 0 aliphatic carbocycles. The van der Waals surface area contributed by atoms with Crippen molar-refractivity contribution in [3.8, 4) is 5.75 Å². The summed E-state index contributed by atoms with van der Waals surface area (Å²) in [4.78, 5) is 22.7. The quantitative estimate of drug-likeness (QED) is 0.728. The highest BCUT2D eigenvalue weighted by atomic mass is 19.4. The Hall–Kier alpha value is -3.03. The van der Waals surface area contributed by atoms with E-state index in [2.05, 4.69) is 10.1 Å². The van der Waals surface area contributed by atoms with Crippen molar-refractivity contribution in [2.75, 3.05) is 12.4 Å². The van der Waals surface area contributed by atoms with Crippen LogP contribution < -0.4 is 10.1 Å². The van der Waals surface area contributed by atoms with Crippen molar-refractivity contribution in [1.82, 2.24) is 0 Å². The van der Waals surface area contributed by atoms with Gasteiger partial charge in [-0.3, -0.25) is 10.1 Å². The molecule has 0 unspecified atom stereocenters. The van der Waals surface area contributed by atoms with Crippen LogP contribution >= 0.6 is 0 Å². The molecule has 0 atom stereocenters. The average molecular weight is 381 g/mol. The summed E-state index contributed by atoms with van der Waals surface area (Å²) in [5.74, 6) is -0.357. The first-order valence-corrected chi connectivity index (χ1v) is 8.05. The third-order valence-corrected chi connectivity index (χ3v) is 3.89. The monoisotopic (exact) mass is 381 g/mol. The van der Waals surface area contributed by atoms with Gasteiger partial charge in [-0.15, -0.1) is 0 Å². The second kappa shape index (κ2) is 8.57. The predicted octanol–water partition coefficient (Wildman–Crippen LogP) is 4.84. The van der Waals surface area contributed by atoms with Gasteiger partial charge in [0.05, 0.1) is 18.4 Å². The molecule has 2 aromatic carbocycles. The van der Waals surface area contributed by atoms with Crippen LogP contribution in [0.2, 0.25) is 0 Å². The number of carbonyl (C=O) groups is 2. The van der Waals surface area contributed by atoms with Crippen LogP contribution in [0.5, 0.6) is 5.75 Å². The normalized spacial score (nSPS) is 11.0. The molecule has 0 aromatic heterocycles. The molecule has 2 rings (SSSR count). The highest BCUT2D eigenvalue weighted by molar-refractivity contribution is 5.89. The molecule has 0 radical (unpaired) electrons. The van der Waals surface area contributed by atoms with Crippen LogP contribution in [-0.4, -0.2) is 19.5 Å². The van der Waals surface area contributed by atoms with Crippen molar-refractivity contribution in [2.24, 2.45) is 0 Å². The fourth-order valence-corrected chi connectivity index (χ4v) is 2.45. The standard InChI is InChI=1S/C19H18F3NO4/c1-3-12-7-8-17(15(9-12)19(20,21)22)27-11-14-13(10-24)5-4-6-16(14)23-18(25)26-2/h4-10H,3,11H2,1-2H3,(H,23,25). The van der Waals surface area contributed by atoms with Crippen LogP contribution in [0.25, 0.3) is 0 Å². The third-order valence-electron chi connectivity index (χ3n) is 3.89. The molecule has 0 spiro atoms. The van der Waals surface area contributed by atoms with Gasteiger partial charge in [0.15, 0.2) is 6.29 Å². The number of amides is 1. The maximum absolute atomic E-state index is 13.3. The molecule has 0 aliphatic heterocycles. The summed E-state index contributed by atoms with van der Waals surface area (Å²) >= 11 is 0. The number of benzene rings is 2. The van der Waals surface area contributed by atoms with E-state index in [9.17, 15) is 22.8 Å². The Morgan fingerprint density at radius 3 is 2.56 bits per heavy atom. The van der Waals surface area contributed by atoms with Crippen molar-refractivity contribution < 1.29 is 32.2 Å². The lowest BCUT2D eigenvalue weighted by Crippen LogP contribution is -2.15. The number of alkyl halides is 3. The Labute approximate surface area is 154 Å². The van der Waals surface area contributed by atoms with Gasteiger partial charge in [-0.05, 0) is 30.2 Å². The Bertz CT molecular complexity index is 834. The molecule has 1 N–H and O–H groups in total. The summed E-state index contributed by atoms with van der Waals surface area (Å²) in [7, 11) is 1.17. The minimum atomic E-state index is -4.59. The number of carbonyl (C=O) groups excluding carboxylic acids is 2. The summed E-state index contributed by atoms with van der Waals surface area (Å²) in [6.45, 7) is 1.41. The lowest BCUT2D eigenvalue weighted by Gasteiger charge is -2.17. The molecule has 2 aromatic rings. The highest BCUT2D eigenvalue weighted by Crippen LogP contribution is 2.37. The second-order valence-electron chi connectivity index (χ2n) is 5.58. The molecule has 8 heteroatoms. The largest absolute Gasteiger partial charge is 0.488 e. The Kier molecular flexibility index (Phi) is 6.44. The number of hydrogen-bond acceptors (Lipinski definition) is 4.